The first kappa shape index (κ1) is 14.7. The predicted molar refractivity (Wildman–Crippen MR) is 73.9 cm³/mol. The van der Waals surface area contributed by atoms with Crippen molar-refractivity contribution in [3.05, 3.63) is 18.2 Å². The third-order valence-electron chi connectivity index (χ3n) is 2.03. The molecule has 0 spiro atoms. The molecule has 0 aliphatic carbocycles. The van der Waals surface area contributed by atoms with Crippen LogP contribution in [-0.4, -0.2) is 31.6 Å². The van der Waals surface area contributed by atoms with Crippen LogP contribution in [0.15, 0.2) is 23.1 Å². The largest absolute Gasteiger partial charge is 0.506 e. The van der Waals surface area contributed by atoms with Gasteiger partial charge in [0.2, 0.25) is 10.0 Å². The first-order valence-corrected chi connectivity index (χ1v) is 7.70. The molecule has 0 aromatic heterocycles. The number of anilines is 1. The fourth-order valence-corrected chi connectivity index (χ4v) is 2.87. The van der Waals surface area contributed by atoms with Crippen LogP contribution in [0.25, 0.3) is 0 Å². The Labute approximate surface area is 111 Å². The molecule has 0 saturated heterocycles. The summed E-state index contributed by atoms with van der Waals surface area (Å²) in [5.74, 6) is 3.46. The summed E-state index contributed by atoms with van der Waals surface area (Å²) in [6.07, 6.45) is 5.07. The van der Waals surface area contributed by atoms with Gasteiger partial charge in [-0.25, -0.2) is 13.1 Å². The third-order valence-corrected chi connectivity index (χ3v) is 4.36. The number of nitrogen functional groups attached to an aromatic ring is 1. The Kier molecular flexibility index (Phi) is 5.34. The van der Waals surface area contributed by atoms with Gasteiger partial charge in [0.05, 0.1) is 16.3 Å². The first-order valence-electron chi connectivity index (χ1n) is 5.07. The molecule has 0 amide bonds. The Bertz CT molecular complexity index is 550. The maximum Gasteiger partial charge on any atom is 0.240 e. The van der Waals surface area contributed by atoms with E-state index in [0.717, 1.165) is 0 Å². The lowest BCUT2D eigenvalue weighted by molar-refractivity contribution is 0.477. The standard InChI is InChI=1S/C11H14N2O3S2/c1-2-6-17-7-5-13-18(15,16)9-3-4-11(14)10(12)8-9/h1,3-4,8,13-14H,5-7,12H2. The Balaban J connectivity index is 2.63. The van der Waals surface area contributed by atoms with Crippen molar-refractivity contribution in [2.24, 2.45) is 0 Å². The number of terminal acetylenes is 1. The van der Waals surface area contributed by atoms with Crippen molar-refractivity contribution < 1.29 is 13.5 Å². The van der Waals surface area contributed by atoms with E-state index in [1.54, 1.807) is 0 Å². The summed E-state index contributed by atoms with van der Waals surface area (Å²) in [6, 6.07) is 3.76. The summed E-state index contributed by atoms with van der Waals surface area (Å²) in [5.41, 5.74) is 5.47. The van der Waals surface area contributed by atoms with Gasteiger partial charge < -0.3 is 10.8 Å². The van der Waals surface area contributed by atoms with Crippen LogP contribution in [0, 0.1) is 12.3 Å². The molecule has 18 heavy (non-hydrogen) atoms. The molecule has 98 valence electrons. The van der Waals surface area contributed by atoms with Crippen molar-refractivity contribution in [1.29, 1.82) is 0 Å². The molecule has 1 rings (SSSR count). The Morgan fingerprint density at radius 3 is 2.83 bits per heavy atom. The molecule has 0 heterocycles. The highest BCUT2D eigenvalue weighted by Crippen LogP contribution is 2.22. The Morgan fingerprint density at radius 2 is 2.22 bits per heavy atom. The van der Waals surface area contributed by atoms with E-state index >= 15 is 0 Å². The van der Waals surface area contributed by atoms with Gasteiger partial charge in [-0.3, -0.25) is 0 Å². The predicted octanol–water partition coefficient (Wildman–Crippen LogP) is 0.619. The molecule has 0 bridgehead atoms. The summed E-state index contributed by atoms with van der Waals surface area (Å²) in [4.78, 5) is 0.0275. The monoisotopic (exact) mass is 286 g/mol. The zero-order valence-electron chi connectivity index (χ0n) is 9.59. The lowest BCUT2D eigenvalue weighted by Gasteiger charge is -2.07. The number of phenolic OH excluding ortho intramolecular Hbond substituents is 1. The molecule has 1 aromatic carbocycles. The maximum absolute atomic E-state index is 11.8. The number of phenols is 1. The number of aromatic hydroxyl groups is 1. The van der Waals surface area contributed by atoms with Crippen LogP contribution < -0.4 is 10.5 Å². The van der Waals surface area contributed by atoms with E-state index in [0.29, 0.717) is 11.5 Å². The lowest BCUT2D eigenvalue weighted by atomic mass is 10.3. The van der Waals surface area contributed by atoms with Gasteiger partial charge in [0.15, 0.2) is 0 Å². The fourth-order valence-electron chi connectivity index (χ4n) is 1.16. The second-order valence-corrected chi connectivity index (χ2v) is 6.25. The van der Waals surface area contributed by atoms with Crippen LogP contribution in [0.2, 0.25) is 0 Å². The lowest BCUT2D eigenvalue weighted by Crippen LogP contribution is -2.26. The molecule has 0 saturated carbocycles. The SMILES string of the molecule is C#CCSCCNS(=O)(=O)c1ccc(O)c(N)c1. The minimum Gasteiger partial charge on any atom is -0.506 e. The summed E-state index contributed by atoms with van der Waals surface area (Å²) in [5, 5.41) is 9.22. The summed E-state index contributed by atoms with van der Waals surface area (Å²) < 4.78 is 26.1. The van der Waals surface area contributed by atoms with Crippen molar-refractivity contribution >= 4 is 27.5 Å². The topological polar surface area (TPSA) is 92.4 Å². The van der Waals surface area contributed by atoms with Gasteiger partial charge in [0.25, 0.3) is 0 Å². The van der Waals surface area contributed by atoms with E-state index in [-0.39, 0.29) is 22.9 Å². The van der Waals surface area contributed by atoms with Crippen LogP contribution in [-0.2, 0) is 10.0 Å². The van der Waals surface area contributed by atoms with E-state index < -0.39 is 10.0 Å². The van der Waals surface area contributed by atoms with E-state index in [4.69, 9.17) is 12.2 Å². The first-order chi connectivity index (χ1) is 8.47. The summed E-state index contributed by atoms with van der Waals surface area (Å²) in [7, 11) is -3.59. The molecule has 0 fully saturated rings. The molecule has 0 aliphatic rings. The normalized spacial score (nSPS) is 11.1. The zero-order chi connectivity index (χ0) is 13.6. The van der Waals surface area contributed by atoms with Crippen molar-refractivity contribution in [2.45, 2.75) is 4.90 Å². The molecule has 0 radical (unpaired) electrons. The van der Waals surface area contributed by atoms with Gasteiger partial charge in [0, 0.05) is 12.3 Å². The molecular formula is C11H14N2O3S2. The van der Waals surface area contributed by atoms with E-state index in [2.05, 4.69) is 10.6 Å². The fraction of sp³-hybridized carbons (Fsp3) is 0.273. The van der Waals surface area contributed by atoms with Gasteiger partial charge >= 0.3 is 0 Å². The quantitative estimate of drug-likeness (QED) is 0.308. The van der Waals surface area contributed by atoms with E-state index in [9.17, 15) is 13.5 Å². The number of thioether (sulfide) groups is 1. The number of hydrogen-bond donors (Lipinski definition) is 3. The second kappa shape index (κ2) is 6.54. The number of nitrogens with one attached hydrogen (secondary N) is 1. The highest BCUT2D eigenvalue weighted by atomic mass is 32.2. The molecule has 0 unspecified atom stereocenters. The van der Waals surface area contributed by atoms with Crippen LogP contribution in [0.3, 0.4) is 0 Å². The maximum atomic E-state index is 11.8. The number of hydrogen-bond acceptors (Lipinski definition) is 5. The number of nitrogens with two attached hydrogens (primary N) is 1. The molecule has 5 nitrogen and oxygen atoms in total. The third kappa shape index (κ3) is 4.14. The van der Waals surface area contributed by atoms with Crippen molar-refractivity contribution in [3.63, 3.8) is 0 Å². The number of sulfonamides is 1. The van der Waals surface area contributed by atoms with Crippen molar-refractivity contribution in [3.8, 4) is 18.1 Å². The van der Waals surface area contributed by atoms with Gasteiger partial charge in [-0.15, -0.1) is 18.2 Å². The van der Waals surface area contributed by atoms with E-state index in [1.165, 1.54) is 30.0 Å². The highest BCUT2D eigenvalue weighted by Gasteiger charge is 2.14. The molecule has 7 heteroatoms. The van der Waals surface area contributed by atoms with Crippen LogP contribution in [0.1, 0.15) is 0 Å². The summed E-state index contributed by atoms with van der Waals surface area (Å²) in [6.45, 7) is 0.287. The zero-order valence-corrected chi connectivity index (χ0v) is 11.2. The molecule has 0 aliphatic heterocycles. The van der Waals surface area contributed by atoms with E-state index in [1.807, 2.05) is 0 Å². The second-order valence-electron chi connectivity index (χ2n) is 3.38. The van der Waals surface area contributed by atoms with Gasteiger partial charge in [-0.1, -0.05) is 5.92 Å². The Morgan fingerprint density at radius 1 is 1.50 bits per heavy atom. The number of benzene rings is 1. The van der Waals surface area contributed by atoms with Crippen molar-refractivity contribution in [1.82, 2.24) is 4.72 Å². The van der Waals surface area contributed by atoms with Gasteiger partial charge in [-0.2, -0.15) is 0 Å². The molecule has 1 aromatic rings. The van der Waals surface area contributed by atoms with Gasteiger partial charge in [0.1, 0.15) is 5.75 Å². The molecule has 4 N–H and O–H groups in total. The van der Waals surface area contributed by atoms with Crippen LogP contribution >= 0.6 is 11.8 Å². The average Bonchev–Trinajstić information content (AvgIpc) is 2.32. The number of rotatable bonds is 6. The smallest absolute Gasteiger partial charge is 0.240 e. The van der Waals surface area contributed by atoms with Crippen LogP contribution in [0.4, 0.5) is 5.69 Å². The molecule has 0 atom stereocenters. The van der Waals surface area contributed by atoms with Crippen LogP contribution in [0.5, 0.6) is 5.75 Å². The minimum atomic E-state index is -3.59. The average molecular weight is 286 g/mol. The van der Waals surface area contributed by atoms with Crippen molar-refractivity contribution in [2.75, 3.05) is 23.8 Å². The minimum absolute atomic E-state index is 0.0274. The molecular weight excluding hydrogens is 272 g/mol. The highest BCUT2D eigenvalue weighted by molar-refractivity contribution is 7.99. The van der Waals surface area contributed by atoms with Gasteiger partial charge in [-0.05, 0) is 18.2 Å². The summed E-state index contributed by atoms with van der Waals surface area (Å²) >= 11 is 1.47. The Hall–Kier alpha value is -1.36.